The average molecular weight is 418 g/mol. The molecule has 0 fully saturated rings. The molecule has 0 spiro atoms. The molecule has 156 valence electrons. The Morgan fingerprint density at radius 3 is 2.59 bits per heavy atom. The fourth-order valence-corrected chi connectivity index (χ4v) is 4.19. The van der Waals surface area contributed by atoms with Crippen molar-refractivity contribution in [3.05, 3.63) is 48.5 Å². The van der Waals surface area contributed by atoms with E-state index >= 15 is 0 Å². The van der Waals surface area contributed by atoms with Gasteiger partial charge >= 0.3 is 0 Å². The van der Waals surface area contributed by atoms with Crippen molar-refractivity contribution in [2.24, 2.45) is 4.99 Å². The number of hydrogen-bond acceptors (Lipinski definition) is 5. The van der Waals surface area contributed by atoms with Crippen LogP contribution in [0.4, 0.5) is 5.69 Å². The molecule has 2 aromatic carbocycles. The summed E-state index contributed by atoms with van der Waals surface area (Å²) in [6, 6.07) is 14.2. The van der Waals surface area contributed by atoms with Gasteiger partial charge in [0.15, 0.2) is 27.3 Å². The molecule has 8 heteroatoms. The molecule has 0 aromatic heterocycles. The molecule has 1 aliphatic heterocycles. The summed E-state index contributed by atoms with van der Waals surface area (Å²) in [5.41, 5.74) is 0.825. The lowest BCUT2D eigenvalue weighted by molar-refractivity contribution is 0.297. The van der Waals surface area contributed by atoms with Gasteiger partial charge in [-0.15, -0.1) is 0 Å². The fourth-order valence-electron chi connectivity index (χ4n) is 2.88. The number of nitrogens with zero attached hydrogens (tertiary/aromatic N) is 1. The van der Waals surface area contributed by atoms with Crippen molar-refractivity contribution in [2.75, 3.05) is 37.4 Å². The maximum Gasteiger partial charge on any atom is 0.195 e. The van der Waals surface area contributed by atoms with Crippen LogP contribution in [0, 0.1) is 0 Å². The lowest BCUT2D eigenvalue weighted by Crippen LogP contribution is -2.30. The molecule has 0 aliphatic carbocycles. The quantitative estimate of drug-likeness (QED) is 0.409. The van der Waals surface area contributed by atoms with Crippen LogP contribution in [-0.4, -0.2) is 46.4 Å². The predicted molar refractivity (Wildman–Crippen MR) is 115 cm³/mol. The highest BCUT2D eigenvalue weighted by molar-refractivity contribution is 7.91. The van der Waals surface area contributed by atoms with Gasteiger partial charge in [-0.1, -0.05) is 18.2 Å². The van der Waals surface area contributed by atoms with E-state index in [1.807, 2.05) is 25.1 Å². The summed E-state index contributed by atoms with van der Waals surface area (Å²) in [4.78, 5) is 4.84. The van der Waals surface area contributed by atoms with Gasteiger partial charge in [0.05, 0.1) is 23.9 Å². The van der Waals surface area contributed by atoms with Crippen molar-refractivity contribution >= 4 is 21.5 Å². The Labute approximate surface area is 172 Å². The number of anilines is 1. The first kappa shape index (κ1) is 21.0. The van der Waals surface area contributed by atoms with Crippen LogP contribution < -0.4 is 20.1 Å². The van der Waals surface area contributed by atoms with Gasteiger partial charge in [0, 0.05) is 31.3 Å². The summed E-state index contributed by atoms with van der Waals surface area (Å²) in [6.07, 6.45) is 1.29. The number of rotatable bonds is 7. The van der Waals surface area contributed by atoms with E-state index in [2.05, 4.69) is 15.6 Å². The standard InChI is InChI=1S/C21H27N3O4S/c1-2-22-21(23-12-6-15-29(25,26)18-8-4-3-5-9-18)24-17-10-11-19-20(16-17)28-14-7-13-27-19/h3-5,8-11,16H,2,6-7,12-15H2,1H3,(H2,22,23,24). The Morgan fingerprint density at radius 2 is 1.83 bits per heavy atom. The summed E-state index contributed by atoms with van der Waals surface area (Å²) >= 11 is 0. The SMILES string of the molecule is CCNC(=NCCCS(=O)(=O)c1ccccc1)Nc1ccc2c(c1)OCCCO2. The number of hydrogen-bond donors (Lipinski definition) is 2. The van der Waals surface area contributed by atoms with Crippen molar-refractivity contribution in [3.63, 3.8) is 0 Å². The van der Waals surface area contributed by atoms with Gasteiger partial charge in [-0.25, -0.2) is 8.42 Å². The maximum absolute atomic E-state index is 12.4. The number of benzene rings is 2. The van der Waals surface area contributed by atoms with Gasteiger partial charge < -0.3 is 20.1 Å². The van der Waals surface area contributed by atoms with Crippen LogP contribution >= 0.6 is 0 Å². The number of ether oxygens (including phenoxy) is 2. The summed E-state index contributed by atoms with van der Waals surface area (Å²) in [5.74, 6) is 2.10. The van der Waals surface area contributed by atoms with E-state index in [0.717, 1.165) is 17.9 Å². The van der Waals surface area contributed by atoms with Crippen LogP contribution in [0.3, 0.4) is 0 Å². The van der Waals surface area contributed by atoms with Crippen LogP contribution in [0.1, 0.15) is 19.8 Å². The van der Waals surface area contributed by atoms with Crippen LogP contribution in [0.2, 0.25) is 0 Å². The van der Waals surface area contributed by atoms with E-state index in [4.69, 9.17) is 9.47 Å². The normalized spacial score (nSPS) is 14.2. The molecule has 2 N–H and O–H groups in total. The second-order valence-corrected chi connectivity index (χ2v) is 8.69. The zero-order valence-corrected chi connectivity index (χ0v) is 17.4. The van der Waals surface area contributed by atoms with E-state index in [-0.39, 0.29) is 5.75 Å². The summed E-state index contributed by atoms with van der Waals surface area (Å²) < 4.78 is 36.1. The van der Waals surface area contributed by atoms with Crippen LogP contribution in [0.15, 0.2) is 58.4 Å². The van der Waals surface area contributed by atoms with Crippen molar-refractivity contribution in [3.8, 4) is 11.5 Å². The Kier molecular flexibility index (Phi) is 7.35. The van der Waals surface area contributed by atoms with Gasteiger partial charge in [0.1, 0.15) is 0 Å². The molecule has 0 atom stereocenters. The molecule has 0 amide bonds. The Balaban J connectivity index is 1.59. The van der Waals surface area contributed by atoms with Crippen molar-refractivity contribution in [2.45, 2.75) is 24.7 Å². The van der Waals surface area contributed by atoms with Gasteiger partial charge in [0.25, 0.3) is 0 Å². The molecule has 2 aromatic rings. The molecule has 0 unspecified atom stereocenters. The van der Waals surface area contributed by atoms with Crippen LogP contribution in [-0.2, 0) is 9.84 Å². The van der Waals surface area contributed by atoms with E-state index in [9.17, 15) is 8.42 Å². The topological polar surface area (TPSA) is 89.0 Å². The lowest BCUT2D eigenvalue weighted by Gasteiger charge is -2.13. The van der Waals surface area contributed by atoms with E-state index in [1.165, 1.54) is 0 Å². The van der Waals surface area contributed by atoms with Gasteiger partial charge in [-0.2, -0.15) is 0 Å². The van der Waals surface area contributed by atoms with Gasteiger partial charge in [0.2, 0.25) is 0 Å². The monoisotopic (exact) mass is 417 g/mol. The molecule has 29 heavy (non-hydrogen) atoms. The molecule has 7 nitrogen and oxygen atoms in total. The average Bonchev–Trinajstić information content (AvgIpc) is 2.97. The van der Waals surface area contributed by atoms with Crippen molar-refractivity contribution in [1.29, 1.82) is 0 Å². The fraction of sp³-hybridized carbons (Fsp3) is 0.381. The minimum Gasteiger partial charge on any atom is -0.490 e. The van der Waals surface area contributed by atoms with Gasteiger partial charge in [-0.3, -0.25) is 4.99 Å². The Bertz CT molecular complexity index is 930. The first-order chi connectivity index (χ1) is 14.1. The molecule has 0 saturated carbocycles. The molecule has 0 radical (unpaired) electrons. The zero-order valence-electron chi connectivity index (χ0n) is 16.6. The van der Waals surface area contributed by atoms with Crippen molar-refractivity contribution < 1.29 is 17.9 Å². The summed E-state index contributed by atoms with van der Waals surface area (Å²) in [7, 11) is -3.28. The number of aliphatic imine (C=N–C) groups is 1. The molecule has 0 bridgehead atoms. The second kappa shape index (κ2) is 10.2. The second-order valence-electron chi connectivity index (χ2n) is 6.58. The molecular weight excluding hydrogens is 390 g/mol. The third kappa shape index (κ3) is 6.12. The number of guanidine groups is 1. The molecule has 1 heterocycles. The summed E-state index contributed by atoms with van der Waals surface area (Å²) in [5, 5.41) is 6.40. The zero-order chi connectivity index (χ0) is 20.5. The first-order valence-corrected chi connectivity index (χ1v) is 11.5. The Hall–Kier alpha value is -2.74. The molecule has 0 saturated heterocycles. The minimum absolute atomic E-state index is 0.0595. The van der Waals surface area contributed by atoms with Crippen LogP contribution in [0.5, 0.6) is 11.5 Å². The summed E-state index contributed by atoms with van der Waals surface area (Å²) in [6.45, 7) is 4.34. The van der Waals surface area contributed by atoms with Crippen LogP contribution in [0.25, 0.3) is 0 Å². The van der Waals surface area contributed by atoms with E-state index in [1.54, 1.807) is 30.3 Å². The third-order valence-corrected chi connectivity index (χ3v) is 6.11. The number of nitrogens with one attached hydrogen (secondary N) is 2. The van der Waals surface area contributed by atoms with E-state index < -0.39 is 9.84 Å². The molecule has 1 aliphatic rings. The molecular formula is C21H27N3O4S. The minimum atomic E-state index is -3.28. The lowest BCUT2D eigenvalue weighted by atomic mass is 10.3. The predicted octanol–water partition coefficient (Wildman–Crippen LogP) is 3.09. The first-order valence-electron chi connectivity index (χ1n) is 9.81. The van der Waals surface area contributed by atoms with Crippen molar-refractivity contribution in [1.82, 2.24) is 5.32 Å². The highest BCUT2D eigenvalue weighted by Crippen LogP contribution is 2.32. The Morgan fingerprint density at radius 1 is 1.07 bits per heavy atom. The highest BCUT2D eigenvalue weighted by atomic mass is 32.2. The molecule has 3 rings (SSSR count). The maximum atomic E-state index is 12.4. The van der Waals surface area contributed by atoms with Gasteiger partial charge in [-0.05, 0) is 37.6 Å². The third-order valence-electron chi connectivity index (χ3n) is 4.30. The largest absolute Gasteiger partial charge is 0.490 e. The highest BCUT2D eigenvalue weighted by Gasteiger charge is 2.13. The number of fused-ring (bicyclic) bond motifs is 1. The van der Waals surface area contributed by atoms with E-state index in [0.29, 0.717) is 49.3 Å². The smallest absolute Gasteiger partial charge is 0.195 e. The number of sulfone groups is 1.